The minimum atomic E-state index is 0.488. The Morgan fingerprint density at radius 1 is 1.69 bits per heavy atom. The van der Waals surface area contributed by atoms with Gasteiger partial charge in [0.25, 0.3) is 0 Å². The third-order valence-corrected chi connectivity index (χ3v) is 1.88. The lowest BCUT2D eigenvalue weighted by atomic mass is 10.5. The van der Waals surface area contributed by atoms with Crippen molar-refractivity contribution in [3.05, 3.63) is 22.3 Å². The van der Waals surface area contributed by atoms with Crippen LogP contribution in [-0.2, 0) is 6.54 Å². The maximum atomic E-state index is 5.64. The van der Waals surface area contributed by atoms with Crippen LogP contribution in [0.2, 0.25) is 0 Å². The topological polar surface area (TPSA) is 51.0 Å². The van der Waals surface area contributed by atoms with Crippen molar-refractivity contribution in [3.8, 4) is 0 Å². The second kappa shape index (κ2) is 5.21. The summed E-state index contributed by atoms with van der Waals surface area (Å²) in [4.78, 5) is 4.00. The van der Waals surface area contributed by atoms with Crippen molar-refractivity contribution < 1.29 is 4.52 Å². The average molecular weight is 222 g/mol. The molecule has 0 atom stereocenters. The first-order chi connectivity index (χ1) is 6.22. The number of aryl methyl sites for hydroxylation is 1. The summed E-state index contributed by atoms with van der Waals surface area (Å²) < 4.78 is 4.86. The molecule has 0 amide bonds. The normalized spacial score (nSPS) is 12.1. The fraction of sp³-hybridized carbons (Fsp3) is 0.429. The predicted octanol–water partition coefficient (Wildman–Crippen LogP) is 1.79. The summed E-state index contributed by atoms with van der Waals surface area (Å²) >= 11 is 11.0. The molecule has 0 fully saturated rings. The largest absolute Gasteiger partial charge is 0.338 e. The number of nitrogens with one attached hydrogen (secondary N) is 1. The Morgan fingerprint density at radius 2 is 2.46 bits per heavy atom. The molecular formula is C7H9Cl2N3O. The fourth-order valence-electron chi connectivity index (χ4n) is 0.739. The van der Waals surface area contributed by atoms with Crippen LogP contribution in [0.3, 0.4) is 0 Å². The van der Waals surface area contributed by atoms with E-state index < -0.39 is 0 Å². The van der Waals surface area contributed by atoms with Gasteiger partial charge in [-0.1, -0.05) is 28.4 Å². The molecule has 0 saturated heterocycles. The zero-order valence-electron chi connectivity index (χ0n) is 7.05. The minimum absolute atomic E-state index is 0.488. The molecule has 1 rings (SSSR count). The van der Waals surface area contributed by atoms with Crippen LogP contribution in [0.25, 0.3) is 0 Å². The van der Waals surface area contributed by atoms with E-state index in [1.54, 1.807) is 6.92 Å². The molecule has 0 aliphatic carbocycles. The second-order valence-electron chi connectivity index (χ2n) is 2.39. The number of hydrogen-bond donors (Lipinski definition) is 1. The van der Waals surface area contributed by atoms with Crippen LogP contribution >= 0.6 is 23.2 Å². The molecule has 0 aliphatic rings. The van der Waals surface area contributed by atoms with Gasteiger partial charge in [-0.3, -0.25) is 0 Å². The summed E-state index contributed by atoms with van der Waals surface area (Å²) in [7, 11) is 0. The van der Waals surface area contributed by atoms with Gasteiger partial charge in [-0.25, -0.2) is 0 Å². The maximum Gasteiger partial charge on any atom is 0.240 e. The molecule has 4 nitrogen and oxygen atoms in total. The number of halogens is 2. The van der Waals surface area contributed by atoms with E-state index in [0.29, 0.717) is 29.8 Å². The number of rotatable bonds is 4. The first kappa shape index (κ1) is 10.5. The summed E-state index contributed by atoms with van der Waals surface area (Å²) in [6.45, 7) is 2.74. The van der Waals surface area contributed by atoms with Crippen molar-refractivity contribution in [2.24, 2.45) is 0 Å². The third kappa shape index (κ3) is 3.76. The van der Waals surface area contributed by atoms with E-state index in [1.807, 2.05) is 0 Å². The van der Waals surface area contributed by atoms with Gasteiger partial charge in [-0.15, -0.1) is 0 Å². The first-order valence-electron chi connectivity index (χ1n) is 3.67. The lowest BCUT2D eigenvalue weighted by molar-refractivity contribution is 0.366. The Morgan fingerprint density at radius 3 is 3.00 bits per heavy atom. The predicted molar refractivity (Wildman–Crippen MR) is 50.5 cm³/mol. The van der Waals surface area contributed by atoms with Gasteiger partial charge in [0.05, 0.1) is 6.54 Å². The van der Waals surface area contributed by atoms with E-state index >= 15 is 0 Å². The zero-order chi connectivity index (χ0) is 9.68. The molecule has 0 spiro atoms. The number of aromatic nitrogens is 2. The van der Waals surface area contributed by atoms with Crippen molar-refractivity contribution in [1.82, 2.24) is 15.5 Å². The molecule has 1 aromatic heterocycles. The van der Waals surface area contributed by atoms with E-state index in [-0.39, 0.29) is 0 Å². The van der Waals surface area contributed by atoms with Crippen LogP contribution in [0, 0.1) is 6.92 Å². The van der Waals surface area contributed by atoms with Crippen LogP contribution in [-0.4, -0.2) is 16.7 Å². The Bertz CT molecular complexity index is 298. The van der Waals surface area contributed by atoms with Crippen LogP contribution in [0.15, 0.2) is 15.1 Å². The van der Waals surface area contributed by atoms with Gasteiger partial charge in [0.1, 0.15) is 0 Å². The van der Waals surface area contributed by atoms with E-state index in [9.17, 15) is 0 Å². The average Bonchev–Trinajstić information content (AvgIpc) is 2.51. The molecule has 0 unspecified atom stereocenters. The highest BCUT2D eigenvalue weighted by atomic mass is 35.5. The summed E-state index contributed by atoms with van der Waals surface area (Å²) in [5.41, 5.74) is 1.31. The summed E-state index contributed by atoms with van der Waals surface area (Å²) in [5.74, 6) is 1.16. The lowest BCUT2D eigenvalue weighted by Gasteiger charge is -1.97. The van der Waals surface area contributed by atoms with E-state index in [2.05, 4.69) is 15.5 Å². The van der Waals surface area contributed by atoms with Crippen LogP contribution in [0.4, 0.5) is 0 Å². The second-order valence-corrected chi connectivity index (χ2v) is 3.10. The van der Waals surface area contributed by atoms with Gasteiger partial charge in [-0.05, 0) is 6.92 Å². The third-order valence-electron chi connectivity index (χ3n) is 1.26. The molecule has 0 radical (unpaired) electrons. The molecule has 0 bridgehead atoms. The van der Waals surface area contributed by atoms with E-state index in [4.69, 9.17) is 27.7 Å². The van der Waals surface area contributed by atoms with Crippen molar-refractivity contribution in [1.29, 1.82) is 0 Å². The minimum Gasteiger partial charge on any atom is -0.338 e. The number of nitrogens with zero attached hydrogens (tertiary/aromatic N) is 2. The Balaban J connectivity index is 2.28. The van der Waals surface area contributed by atoms with Gasteiger partial charge in [0, 0.05) is 17.1 Å². The van der Waals surface area contributed by atoms with Gasteiger partial charge in [0.2, 0.25) is 5.89 Å². The quantitative estimate of drug-likeness (QED) is 0.843. The van der Waals surface area contributed by atoms with E-state index in [1.165, 1.54) is 5.54 Å². The molecule has 72 valence electrons. The molecule has 1 N–H and O–H groups in total. The summed E-state index contributed by atoms with van der Waals surface area (Å²) in [6.07, 6.45) is 0. The van der Waals surface area contributed by atoms with Gasteiger partial charge in [0.15, 0.2) is 5.82 Å². The highest BCUT2D eigenvalue weighted by Crippen LogP contribution is 2.01. The summed E-state index contributed by atoms with van der Waals surface area (Å²) in [5, 5.41) is 7.16. The van der Waals surface area contributed by atoms with Gasteiger partial charge in [-0.2, -0.15) is 4.98 Å². The summed E-state index contributed by atoms with van der Waals surface area (Å²) in [6, 6.07) is 0. The maximum absolute atomic E-state index is 5.64. The Kier molecular flexibility index (Phi) is 4.21. The van der Waals surface area contributed by atoms with Crippen LogP contribution in [0.5, 0.6) is 0 Å². The Hall–Kier alpha value is -0.580. The Labute approximate surface area is 85.9 Å². The fourth-order valence-corrected chi connectivity index (χ4v) is 0.911. The highest BCUT2D eigenvalue weighted by molar-refractivity contribution is 6.36. The molecule has 0 aliphatic heterocycles. The monoisotopic (exact) mass is 221 g/mol. The highest BCUT2D eigenvalue weighted by Gasteiger charge is 2.01. The van der Waals surface area contributed by atoms with Gasteiger partial charge >= 0.3 is 0 Å². The smallest absolute Gasteiger partial charge is 0.240 e. The van der Waals surface area contributed by atoms with Crippen molar-refractivity contribution in [2.45, 2.75) is 13.5 Å². The lowest BCUT2D eigenvalue weighted by Crippen LogP contribution is -2.14. The van der Waals surface area contributed by atoms with Gasteiger partial charge < -0.3 is 9.84 Å². The number of hydrogen-bond acceptors (Lipinski definition) is 4. The standard InChI is InChI=1S/C7H9Cl2N3O/c1-5-11-7(13-12-5)4-10-3-6(9)2-8/h2,10H,3-4H2,1H3. The molecule has 0 aromatic carbocycles. The zero-order valence-corrected chi connectivity index (χ0v) is 8.56. The van der Waals surface area contributed by atoms with E-state index in [0.717, 1.165) is 0 Å². The molecule has 1 heterocycles. The molecule has 6 heteroatoms. The molecule has 13 heavy (non-hydrogen) atoms. The molecule has 0 saturated carbocycles. The van der Waals surface area contributed by atoms with Crippen LogP contribution in [0.1, 0.15) is 11.7 Å². The van der Waals surface area contributed by atoms with Crippen molar-refractivity contribution >= 4 is 23.2 Å². The van der Waals surface area contributed by atoms with Crippen molar-refractivity contribution in [3.63, 3.8) is 0 Å². The molecule has 1 aromatic rings. The SMILES string of the molecule is Cc1noc(CNCC(Cl)=CCl)n1. The molecular weight excluding hydrogens is 213 g/mol. The van der Waals surface area contributed by atoms with Crippen LogP contribution < -0.4 is 5.32 Å². The van der Waals surface area contributed by atoms with Crippen molar-refractivity contribution in [2.75, 3.05) is 6.54 Å². The first-order valence-corrected chi connectivity index (χ1v) is 4.48.